The van der Waals surface area contributed by atoms with E-state index in [1.165, 1.54) is 12.1 Å². The van der Waals surface area contributed by atoms with Gasteiger partial charge in [-0.1, -0.05) is 39.1 Å². The average molecular weight is 381 g/mol. The quantitative estimate of drug-likeness (QED) is 0.848. The lowest BCUT2D eigenvalue weighted by Gasteiger charge is -2.09. The van der Waals surface area contributed by atoms with E-state index in [1.807, 2.05) is 0 Å². The molecule has 0 heterocycles. The van der Waals surface area contributed by atoms with Gasteiger partial charge in [0.1, 0.15) is 4.90 Å². The fourth-order valence-corrected chi connectivity index (χ4v) is 3.64. The Kier molecular flexibility index (Phi) is 4.40. The van der Waals surface area contributed by atoms with Gasteiger partial charge in [-0.25, -0.2) is 8.42 Å². The summed E-state index contributed by atoms with van der Waals surface area (Å²) >= 11 is 14.9. The maximum absolute atomic E-state index is 12.2. The van der Waals surface area contributed by atoms with Crippen LogP contribution in [-0.4, -0.2) is 8.42 Å². The molecule has 0 saturated carbocycles. The first-order chi connectivity index (χ1) is 8.88. The summed E-state index contributed by atoms with van der Waals surface area (Å²) in [7, 11) is -3.72. The van der Waals surface area contributed by atoms with Crippen molar-refractivity contribution in [2.45, 2.75) is 4.90 Å². The number of sulfonamides is 1. The van der Waals surface area contributed by atoms with Gasteiger partial charge in [-0.15, -0.1) is 0 Å². The van der Waals surface area contributed by atoms with Gasteiger partial charge in [0.25, 0.3) is 10.0 Å². The minimum absolute atomic E-state index is 0.0207. The van der Waals surface area contributed by atoms with Crippen molar-refractivity contribution in [3.8, 4) is 0 Å². The van der Waals surface area contributed by atoms with Crippen molar-refractivity contribution in [3.63, 3.8) is 0 Å². The Bertz CT molecular complexity index is 702. The van der Waals surface area contributed by atoms with Crippen LogP contribution in [-0.2, 0) is 10.0 Å². The minimum atomic E-state index is -3.72. The number of halogens is 3. The van der Waals surface area contributed by atoms with Crippen molar-refractivity contribution < 1.29 is 8.42 Å². The average Bonchev–Trinajstić information content (AvgIpc) is 2.31. The Morgan fingerprint density at radius 3 is 2.21 bits per heavy atom. The van der Waals surface area contributed by atoms with Crippen molar-refractivity contribution in [3.05, 3.63) is 57.0 Å². The second kappa shape index (κ2) is 5.71. The molecule has 2 aromatic rings. The summed E-state index contributed by atoms with van der Waals surface area (Å²) in [4.78, 5) is 0.0207. The van der Waals surface area contributed by atoms with Crippen molar-refractivity contribution >= 4 is 54.8 Å². The van der Waals surface area contributed by atoms with Crippen LogP contribution in [0.2, 0.25) is 10.0 Å². The topological polar surface area (TPSA) is 46.2 Å². The molecule has 0 amide bonds. The van der Waals surface area contributed by atoms with Crippen LogP contribution in [0.1, 0.15) is 0 Å². The molecule has 7 heteroatoms. The second-order valence-corrected chi connectivity index (χ2v) is 7.10. The summed E-state index contributed by atoms with van der Waals surface area (Å²) in [5.41, 5.74) is 0.420. The highest BCUT2D eigenvalue weighted by Gasteiger charge is 2.18. The van der Waals surface area contributed by atoms with E-state index in [9.17, 15) is 8.42 Å². The zero-order valence-corrected chi connectivity index (χ0v) is 13.3. The SMILES string of the molecule is O=S(=O)(Nc1ccc(Cl)cc1)c1ccc(Br)cc1Cl. The Hall–Kier alpha value is -0.750. The van der Waals surface area contributed by atoms with E-state index < -0.39 is 10.0 Å². The molecule has 1 N–H and O–H groups in total. The van der Waals surface area contributed by atoms with Gasteiger partial charge in [-0.3, -0.25) is 4.72 Å². The maximum atomic E-state index is 12.2. The Balaban J connectivity index is 2.35. The van der Waals surface area contributed by atoms with Crippen molar-refractivity contribution in [2.24, 2.45) is 0 Å². The fraction of sp³-hybridized carbons (Fsp3) is 0. The zero-order chi connectivity index (χ0) is 14.0. The van der Waals surface area contributed by atoms with E-state index in [0.29, 0.717) is 15.2 Å². The molecule has 0 atom stereocenters. The third-order valence-electron chi connectivity index (χ3n) is 2.28. The Morgan fingerprint density at radius 2 is 1.63 bits per heavy atom. The molecule has 19 heavy (non-hydrogen) atoms. The van der Waals surface area contributed by atoms with Crippen LogP contribution in [0.4, 0.5) is 5.69 Å². The van der Waals surface area contributed by atoms with E-state index in [-0.39, 0.29) is 9.92 Å². The van der Waals surface area contributed by atoms with Crippen molar-refractivity contribution in [1.29, 1.82) is 0 Å². The third-order valence-corrected chi connectivity index (χ3v) is 4.89. The van der Waals surface area contributed by atoms with Crippen LogP contribution in [0.3, 0.4) is 0 Å². The van der Waals surface area contributed by atoms with Crippen LogP contribution in [0.15, 0.2) is 51.8 Å². The number of hydrogen-bond acceptors (Lipinski definition) is 2. The number of benzene rings is 2. The predicted molar refractivity (Wildman–Crippen MR) is 81.4 cm³/mol. The van der Waals surface area contributed by atoms with Gasteiger partial charge >= 0.3 is 0 Å². The number of anilines is 1. The maximum Gasteiger partial charge on any atom is 0.263 e. The highest BCUT2D eigenvalue weighted by molar-refractivity contribution is 9.10. The van der Waals surface area contributed by atoms with E-state index >= 15 is 0 Å². The van der Waals surface area contributed by atoms with Gasteiger partial charge in [-0.2, -0.15) is 0 Å². The Labute approximate surface area is 129 Å². The first-order valence-electron chi connectivity index (χ1n) is 5.12. The molecule has 0 aliphatic carbocycles. The molecule has 0 unspecified atom stereocenters. The molecule has 0 fully saturated rings. The molecule has 0 aliphatic rings. The van der Waals surface area contributed by atoms with Crippen LogP contribution < -0.4 is 4.72 Å². The van der Waals surface area contributed by atoms with E-state index in [4.69, 9.17) is 23.2 Å². The largest absolute Gasteiger partial charge is 0.280 e. The first kappa shape index (κ1) is 14.7. The molecule has 100 valence electrons. The zero-order valence-electron chi connectivity index (χ0n) is 9.40. The molecular weight excluding hydrogens is 373 g/mol. The van der Waals surface area contributed by atoms with Crippen LogP contribution in [0.5, 0.6) is 0 Å². The summed E-state index contributed by atoms with van der Waals surface area (Å²) in [6.45, 7) is 0. The van der Waals surface area contributed by atoms with E-state index in [1.54, 1.807) is 30.3 Å². The van der Waals surface area contributed by atoms with Gasteiger partial charge in [0, 0.05) is 15.2 Å². The van der Waals surface area contributed by atoms with Gasteiger partial charge in [-0.05, 0) is 42.5 Å². The lowest BCUT2D eigenvalue weighted by molar-refractivity contribution is 0.601. The van der Waals surface area contributed by atoms with Gasteiger partial charge in [0.15, 0.2) is 0 Å². The highest BCUT2D eigenvalue weighted by atomic mass is 79.9. The van der Waals surface area contributed by atoms with E-state index in [0.717, 1.165) is 0 Å². The van der Waals surface area contributed by atoms with Crippen molar-refractivity contribution in [2.75, 3.05) is 4.72 Å². The predicted octanol–water partition coefficient (Wildman–Crippen LogP) is 4.56. The molecule has 3 nitrogen and oxygen atoms in total. The summed E-state index contributed by atoms with van der Waals surface area (Å²) < 4.78 is 27.5. The molecule has 0 spiro atoms. The van der Waals surface area contributed by atoms with Crippen LogP contribution in [0, 0.1) is 0 Å². The third kappa shape index (κ3) is 3.63. The standard InChI is InChI=1S/C12H8BrCl2NO2S/c13-8-1-6-12(11(15)7-8)19(17,18)16-10-4-2-9(14)3-5-10/h1-7,16H. The van der Waals surface area contributed by atoms with Gasteiger partial charge in [0.05, 0.1) is 5.02 Å². The minimum Gasteiger partial charge on any atom is -0.280 e. The lowest BCUT2D eigenvalue weighted by Crippen LogP contribution is -2.13. The number of rotatable bonds is 3. The van der Waals surface area contributed by atoms with Gasteiger partial charge in [0.2, 0.25) is 0 Å². The summed E-state index contributed by atoms with van der Waals surface area (Å²) in [6, 6.07) is 10.9. The molecule has 0 bridgehead atoms. The lowest BCUT2D eigenvalue weighted by atomic mass is 10.3. The fourth-order valence-electron chi connectivity index (χ4n) is 1.42. The van der Waals surface area contributed by atoms with Crippen LogP contribution >= 0.6 is 39.1 Å². The number of hydrogen-bond donors (Lipinski definition) is 1. The Morgan fingerprint density at radius 1 is 1.00 bits per heavy atom. The molecule has 0 saturated heterocycles. The molecule has 2 rings (SSSR count). The normalized spacial score (nSPS) is 11.3. The molecule has 2 aromatic carbocycles. The summed E-state index contributed by atoms with van der Waals surface area (Å²) in [5.74, 6) is 0. The monoisotopic (exact) mass is 379 g/mol. The van der Waals surface area contributed by atoms with Crippen LogP contribution in [0.25, 0.3) is 0 Å². The molecule has 0 aromatic heterocycles. The summed E-state index contributed by atoms with van der Waals surface area (Å²) in [5, 5.41) is 0.681. The molecule has 0 aliphatic heterocycles. The van der Waals surface area contributed by atoms with Gasteiger partial charge < -0.3 is 0 Å². The molecular formula is C12H8BrCl2NO2S. The highest BCUT2D eigenvalue weighted by Crippen LogP contribution is 2.27. The first-order valence-corrected chi connectivity index (χ1v) is 8.15. The van der Waals surface area contributed by atoms with Crippen molar-refractivity contribution in [1.82, 2.24) is 0 Å². The van der Waals surface area contributed by atoms with E-state index in [2.05, 4.69) is 20.7 Å². The summed E-state index contributed by atoms with van der Waals surface area (Å²) in [6.07, 6.45) is 0. The smallest absolute Gasteiger partial charge is 0.263 e. The second-order valence-electron chi connectivity index (χ2n) is 3.69. The molecule has 0 radical (unpaired) electrons. The number of nitrogens with one attached hydrogen (secondary N) is 1.